The van der Waals surface area contributed by atoms with Crippen LogP contribution >= 0.6 is 11.6 Å². The summed E-state index contributed by atoms with van der Waals surface area (Å²) >= 11 is 6.08. The molecule has 23 heavy (non-hydrogen) atoms. The molecule has 1 aromatic heterocycles. The molecule has 2 fully saturated rings. The first-order valence-electron chi connectivity index (χ1n) is 7.77. The molecule has 0 radical (unpaired) electrons. The standard InChI is InChI=1S/C17H17ClFN3O/c1-22-8-9(7-20-22)10-5-11(10)17(23)21-15-6-12(15)16-13(18)3-2-4-14(16)19/h2-4,7-8,10-12,15H,5-6H2,1H3,(H,21,23)/t10-,11+,12+,15+/m0/s1. The Kier molecular flexibility index (Phi) is 3.41. The van der Waals surface area contributed by atoms with Gasteiger partial charge in [-0.25, -0.2) is 4.39 Å². The Morgan fingerprint density at radius 1 is 1.39 bits per heavy atom. The first-order chi connectivity index (χ1) is 11.0. The molecule has 4 nitrogen and oxygen atoms in total. The predicted octanol–water partition coefficient (Wildman–Crippen LogP) is 2.99. The lowest BCUT2D eigenvalue weighted by molar-refractivity contribution is -0.122. The minimum absolute atomic E-state index is 0.00736. The summed E-state index contributed by atoms with van der Waals surface area (Å²) in [5.41, 5.74) is 1.64. The van der Waals surface area contributed by atoms with Gasteiger partial charge in [-0.1, -0.05) is 17.7 Å². The Morgan fingerprint density at radius 2 is 2.22 bits per heavy atom. The normalized spacial score (nSPS) is 28.5. The molecule has 0 unspecified atom stereocenters. The number of nitrogens with zero attached hydrogens (tertiary/aromatic N) is 2. The molecule has 0 bridgehead atoms. The van der Waals surface area contributed by atoms with Crippen molar-refractivity contribution in [2.75, 3.05) is 0 Å². The van der Waals surface area contributed by atoms with Crippen LogP contribution in [0.2, 0.25) is 5.02 Å². The molecule has 2 saturated carbocycles. The van der Waals surface area contributed by atoms with Gasteiger partial charge >= 0.3 is 0 Å². The van der Waals surface area contributed by atoms with Gasteiger partial charge in [0, 0.05) is 41.7 Å². The number of aromatic nitrogens is 2. The smallest absolute Gasteiger partial charge is 0.223 e. The zero-order chi connectivity index (χ0) is 16.1. The van der Waals surface area contributed by atoms with E-state index in [-0.39, 0.29) is 35.5 Å². The molecule has 0 spiro atoms. The van der Waals surface area contributed by atoms with Gasteiger partial charge in [-0.05, 0) is 36.5 Å². The van der Waals surface area contributed by atoms with Crippen molar-refractivity contribution in [2.24, 2.45) is 13.0 Å². The van der Waals surface area contributed by atoms with Crippen LogP contribution in [0.15, 0.2) is 30.6 Å². The van der Waals surface area contributed by atoms with Crippen molar-refractivity contribution in [1.82, 2.24) is 15.1 Å². The summed E-state index contributed by atoms with van der Waals surface area (Å²) in [4.78, 5) is 12.3. The van der Waals surface area contributed by atoms with E-state index in [2.05, 4.69) is 10.4 Å². The maximum Gasteiger partial charge on any atom is 0.223 e. The number of rotatable bonds is 4. The van der Waals surface area contributed by atoms with Crippen molar-refractivity contribution >= 4 is 17.5 Å². The van der Waals surface area contributed by atoms with Crippen molar-refractivity contribution in [2.45, 2.75) is 30.7 Å². The van der Waals surface area contributed by atoms with E-state index in [4.69, 9.17) is 11.6 Å². The topological polar surface area (TPSA) is 46.9 Å². The van der Waals surface area contributed by atoms with Gasteiger partial charge < -0.3 is 5.32 Å². The van der Waals surface area contributed by atoms with Crippen molar-refractivity contribution in [3.63, 3.8) is 0 Å². The van der Waals surface area contributed by atoms with Crippen LogP contribution in [0.4, 0.5) is 4.39 Å². The zero-order valence-corrected chi connectivity index (χ0v) is 13.4. The van der Waals surface area contributed by atoms with Gasteiger partial charge in [0.05, 0.1) is 6.20 Å². The van der Waals surface area contributed by atoms with Crippen LogP contribution in [0.1, 0.15) is 35.8 Å². The van der Waals surface area contributed by atoms with E-state index in [0.29, 0.717) is 10.6 Å². The number of nitrogens with one attached hydrogen (secondary N) is 1. The van der Waals surface area contributed by atoms with Gasteiger partial charge in [-0.2, -0.15) is 5.10 Å². The summed E-state index contributed by atoms with van der Waals surface area (Å²) in [7, 11) is 1.87. The number of carbonyl (C=O) groups excluding carboxylic acids is 1. The number of hydrogen-bond donors (Lipinski definition) is 1. The molecule has 1 N–H and O–H groups in total. The lowest BCUT2D eigenvalue weighted by Gasteiger charge is -2.07. The number of hydrogen-bond acceptors (Lipinski definition) is 2. The van der Waals surface area contributed by atoms with E-state index in [9.17, 15) is 9.18 Å². The third-order valence-corrected chi connectivity index (χ3v) is 5.10. The Morgan fingerprint density at radius 3 is 2.91 bits per heavy atom. The van der Waals surface area contributed by atoms with Gasteiger partial charge in [-0.15, -0.1) is 0 Å². The number of aryl methyl sites for hydroxylation is 1. The molecule has 1 heterocycles. The molecule has 4 rings (SSSR count). The highest BCUT2D eigenvalue weighted by Crippen LogP contribution is 2.49. The van der Waals surface area contributed by atoms with Crippen LogP contribution in [0.3, 0.4) is 0 Å². The van der Waals surface area contributed by atoms with Crippen LogP contribution in [0.5, 0.6) is 0 Å². The van der Waals surface area contributed by atoms with E-state index in [0.717, 1.165) is 18.4 Å². The van der Waals surface area contributed by atoms with Gasteiger partial charge in [-0.3, -0.25) is 9.48 Å². The molecule has 6 heteroatoms. The van der Waals surface area contributed by atoms with Crippen molar-refractivity contribution in [3.05, 3.63) is 52.6 Å². The number of halogens is 2. The third kappa shape index (κ3) is 2.74. The first-order valence-corrected chi connectivity index (χ1v) is 8.15. The van der Waals surface area contributed by atoms with Crippen LogP contribution in [-0.2, 0) is 11.8 Å². The lowest BCUT2D eigenvalue weighted by atomic mass is 10.1. The summed E-state index contributed by atoms with van der Waals surface area (Å²) < 4.78 is 15.7. The van der Waals surface area contributed by atoms with Gasteiger partial charge in [0.2, 0.25) is 5.91 Å². The molecule has 2 aliphatic rings. The maximum absolute atomic E-state index is 13.9. The zero-order valence-electron chi connectivity index (χ0n) is 12.7. The van der Waals surface area contributed by atoms with Crippen LogP contribution in [-0.4, -0.2) is 21.7 Å². The highest BCUT2D eigenvalue weighted by Gasteiger charge is 2.48. The number of amides is 1. The Labute approximate surface area is 138 Å². The fourth-order valence-electron chi connectivity index (χ4n) is 3.31. The molecule has 120 valence electrons. The summed E-state index contributed by atoms with van der Waals surface area (Å²) in [5.74, 6) is 0.0236. The first kappa shape index (κ1) is 14.7. The predicted molar refractivity (Wildman–Crippen MR) is 84.8 cm³/mol. The fraction of sp³-hybridized carbons (Fsp3) is 0.412. The molecule has 1 amide bonds. The molecule has 2 aliphatic carbocycles. The van der Waals surface area contributed by atoms with Crippen LogP contribution in [0.25, 0.3) is 0 Å². The lowest BCUT2D eigenvalue weighted by Crippen LogP contribution is -2.28. The second-order valence-corrected chi connectivity index (χ2v) is 6.90. The highest BCUT2D eigenvalue weighted by atomic mass is 35.5. The van der Waals surface area contributed by atoms with Crippen molar-refractivity contribution < 1.29 is 9.18 Å². The quantitative estimate of drug-likeness (QED) is 0.935. The third-order valence-electron chi connectivity index (χ3n) is 4.77. The van der Waals surface area contributed by atoms with E-state index >= 15 is 0 Å². The Balaban J connectivity index is 1.37. The molecule has 2 aromatic rings. The summed E-state index contributed by atoms with van der Waals surface area (Å²) in [5, 5.41) is 7.62. The number of carbonyl (C=O) groups is 1. The van der Waals surface area contributed by atoms with Crippen molar-refractivity contribution in [3.8, 4) is 0 Å². The molecule has 0 aliphatic heterocycles. The molecule has 1 aromatic carbocycles. The van der Waals surface area contributed by atoms with E-state index in [1.165, 1.54) is 6.07 Å². The largest absolute Gasteiger partial charge is 0.352 e. The van der Waals surface area contributed by atoms with Gasteiger partial charge in [0.25, 0.3) is 0 Å². The highest BCUT2D eigenvalue weighted by molar-refractivity contribution is 6.31. The van der Waals surface area contributed by atoms with E-state index in [1.54, 1.807) is 16.8 Å². The second kappa shape index (κ2) is 5.34. The minimum atomic E-state index is -0.293. The Hall–Kier alpha value is -1.88. The fourth-order valence-corrected chi connectivity index (χ4v) is 3.62. The van der Waals surface area contributed by atoms with Crippen LogP contribution < -0.4 is 5.32 Å². The molecular weight excluding hydrogens is 317 g/mol. The van der Waals surface area contributed by atoms with Crippen LogP contribution in [0, 0.1) is 11.7 Å². The SMILES string of the molecule is Cn1cc([C@@H]2C[C@H]2C(=O)N[C@@H]2C[C@H]2c2c(F)cccc2Cl)cn1. The second-order valence-electron chi connectivity index (χ2n) is 6.49. The minimum Gasteiger partial charge on any atom is -0.352 e. The molecule has 0 saturated heterocycles. The number of benzene rings is 1. The van der Waals surface area contributed by atoms with Crippen molar-refractivity contribution in [1.29, 1.82) is 0 Å². The summed E-state index contributed by atoms with van der Waals surface area (Å²) in [6.45, 7) is 0. The van der Waals surface area contributed by atoms with E-state index < -0.39 is 0 Å². The summed E-state index contributed by atoms with van der Waals surface area (Å²) in [6, 6.07) is 4.70. The monoisotopic (exact) mass is 333 g/mol. The average molecular weight is 334 g/mol. The Bertz CT molecular complexity index is 755. The average Bonchev–Trinajstić information content (AvgIpc) is 3.39. The molecule has 4 atom stereocenters. The molecular formula is C17H17ClFN3O. The van der Waals surface area contributed by atoms with E-state index in [1.807, 2.05) is 19.4 Å². The van der Waals surface area contributed by atoms with Gasteiger partial charge in [0.15, 0.2) is 0 Å². The van der Waals surface area contributed by atoms with Gasteiger partial charge in [0.1, 0.15) is 5.82 Å². The maximum atomic E-state index is 13.9. The summed E-state index contributed by atoms with van der Waals surface area (Å²) in [6.07, 6.45) is 5.38.